The molecule has 6 heteroatoms. The summed E-state index contributed by atoms with van der Waals surface area (Å²) in [5, 5.41) is 3.15. The van der Waals surface area contributed by atoms with Gasteiger partial charge in [0, 0.05) is 12.1 Å². The van der Waals surface area contributed by atoms with Gasteiger partial charge in [0.25, 0.3) is 0 Å². The van der Waals surface area contributed by atoms with Gasteiger partial charge >= 0.3 is 6.18 Å². The fourth-order valence-electron chi connectivity index (χ4n) is 2.54. The Balaban J connectivity index is 2.15. The molecule has 1 heterocycles. The third kappa shape index (κ3) is 2.62. The number of nitrogens with two attached hydrogens (primary N) is 1. The van der Waals surface area contributed by atoms with E-state index in [0.29, 0.717) is 30.1 Å². The minimum atomic E-state index is -4.42. The first-order valence-electron chi connectivity index (χ1n) is 6.91. The summed E-state index contributed by atoms with van der Waals surface area (Å²) in [6.07, 6.45) is -4.68. The molecular weight excluding hydrogens is 293 g/mol. The van der Waals surface area contributed by atoms with Gasteiger partial charge in [0.1, 0.15) is 6.10 Å². The van der Waals surface area contributed by atoms with Crippen LogP contribution in [-0.2, 0) is 6.18 Å². The molecule has 1 atom stereocenters. The summed E-state index contributed by atoms with van der Waals surface area (Å²) in [4.78, 5) is 0. The number of nitrogens with one attached hydrogen (secondary N) is 1. The van der Waals surface area contributed by atoms with Crippen LogP contribution in [0, 0.1) is 0 Å². The van der Waals surface area contributed by atoms with Gasteiger partial charge in [-0.3, -0.25) is 0 Å². The Morgan fingerprint density at radius 2 is 1.82 bits per heavy atom. The number of halogens is 3. The van der Waals surface area contributed by atoms with E-state index in [1.54, 1.807) is 24.3 Å². The lowest BCUT2D eigenvalue weighted by atomic mass is 9.97. The van der Waals surface area contributed by atoms with Crippen molar-refractivity contribution in [3.8, 4) is 16.9 Å². The zero-order valence-corrected chi connectivity index (χ0v) is 11.7. The number of benzene rings is 2. The lowest BCUT2D eigenvalue weighted by Crippen LogP contribution is -2.37. The summed E-state index contributed by atoms with van der Waals surface area (Å²) in [5.74, 6) is 0.418. The number of anilines is 1. The van der Waals surface area contributed by atoms with Gasteiger partial charge in [0.2, 0.25) is 0 Å². The molecule has 0 saturated heterocycles. The summed E-state index contributed by atoms with van der Waals surface area (Å²) in [5.41, 5.74) is 6.12. The second-order valence-corrected chi connectivity index (χ2v) is 5.08. The molecular formula is C16H15F3N2O. The molecule has 0 bridgehead atoms. The van der Waals surface area contributed by atoms with Gasteiger partial charge in [-0.2, -0.15) is 13.2 Å². The van der Waals surface area contributed by atoms with Crippen LogP contribution in [0.15, 0.2) is 42.5 Å². The van der Waals surface area contributed by atoms with Crippen LogP contribution >= 0.6 is 0 Å². The highest BCUT2D eigenvalue weighted by Crippen LogP contribution is 2.44. The number of para-hydroxylation sites is 1. The van der Waals surface area contributed by atoms with E-state index in [0.717, 1.165) is 6.07 Å². The minimum Gasteiger partial charge on any atom is -0.484 e. The molecule has 0 radical (unpaired) electrons. The molecule has 3 rings (SSSR count). The van der Waals surface area contributed by atoms with Crippen molar-refractivity contribution in [2.24, 2.45) is 5.73 Å². The Labute approximate surface area is 125 Å². The Bertz CT molecular complexity index is 685. The zero-order valence-electron chi connectivity index (χ0n) is 11.7. The van der Waals surface area contributed by atoms with E-state index in [1.807, 2.05) is 0 Å². The van der Waals surface area contributed by atoms with E-state index in [-0.39, 0.29) is 11.7 Å². The van der Waals surface area contributed by atoms with Crippen LogP contribution in [-0.4, -0.2) is 19.2 Å². The molecule has 0 unspecified atom stereocenters. The van der Waals surface area contributed by atoms with Crippen molar-refractivity contribution >= 4 is 5.69 Å². The van der Waals surface area contributed by atoms with Gasteiger partial charge in [-0.05, 0) is 17.7 Å². The first-order valence-corrected chi connectivity index (χ1v) is 6.91. The number of alkyl halides is 3. The SMILES string of the molecule is NC[C@@H]1CNc2cccc(-c3ccccc3C(F)(F)F)c2O1. The number of ether oxygens (including phenoxy) is 1. The highest BCUT2D eigenvalue weighted by atomic mass is 19.4. The van der Waals surface area contributed by atoms with Crippen molar-refractivity contribution in [2.45, 2.75) is 12.3 Å². The highest BCUT2D eigenvalue weighted by molar-refractivity contribution is 5.81. The van der Waals surface area contributed by atoms with Crippen molar-refractivity contribution in [1.82, 2.24) is 0 Å². The highest BCUT2D eigenvalue weighted by Gasteiger charge is 2.34. The monoisotopic (exact) mass is 308 g/mol. The molecule has 0 aliphatic carbocycles. The maximum absolute atomic E-state index is 13.2. The summed E-state index contributed by atoms with van der Waals surface area (Å²) in [6, 6.07) is 10.6. The summed E-state index contributed by atoms with van der Waals surface area (Å²) in [6.45, 7) is 0.829. The van der Waals surface area contributed by atoms with E-state index < -0.39 is 11.7 Å². The lowest BCUT2D eigenvalue weighted by molar-refractivity contribution is -0.137. The molecule has 0 saturated carbocycles. The molecule has 22 heavy (non-hydrogen) atoms. The van der Waals surface area contributed by atoms with E-state index in [1.165, 1.54) is 12.1 Å². The minimum absolute atomic E-state index is 0.103. The third-order valence-corrected chi connectivity index (χ3v) is 3.61. The molecule has 2 aromatic carbocycles. The molecule has 1 aliphatic heterocycles. The van der Waals surface area contributed by atoms with Crippen LogP contribution in [0.4, 0.5) is 18.9 Å². The van der Waals surface area contributed by atoms with Crippen LogP contribution in [0.3, 0.4) is 0 Å². The van der Waals surface area contributed by atoms with Crippen molar-refractivity contribution in [1.29, 1.82) is 0 Å². The van der Waals surface area contributed by atoms with Crippen molar-refractivity contribution < 1.29 is 17.9 Å². The van der Waals surface area contributed by atoms with Crippen LogP contribution in [0.1, 0.15) is 5.56 Å². The van der Waals surface area contributed by atoms with Gasteiger partial charge in [-0.1, -0.05) is 30.3 Å². The number of fused-ring (bicyclic) bond motifs is 1. The van der Waals surface area contributed by atoms with E-state index in [9.17, 15) is 13.2 Å². The zero-order chi connectivity index (χ0) is 15.7. The van der Waals surface area contributed by atoms with E-state index >= 15 is 0 Å². The van der Waals surface area contributed by atoms with Crippen LogP contribution in [0.5, 0.6) is 5.75 Å². The molecule has 3 nitrogen and oxygen atoms in total. The fourth-order valence-corrected chi connectivity index (χ4v) is 2.54. The summed E-state index contributed by atoms with van der Waals surface area (Å²) >= 11 is 0. The molecule has 0 amide bonds. The summed E-state index contributed by atoms with van der Waals surface area (Å²) in [7, 11) is 0. The third-order valence-electron chi connectivity index (χ3n) is 3.61. The van der Waals surface area contributed by atoms with Crippen LogP contribution < -0.4 is 15.8 Å². The quantitative estimate of drug-likeness (QED) is 0.892. The Hall–Kier alpha value is -2.21. The van der Waals surface area contributed by atoms with Crippen LogP contribution in [0.2, 0.25) is 0 Å². The molecule has 0 fully saturated rings. The van der Waals surface area contributed by atoms with Gasteiger partial charge < -0.3 is 15.8 Å². The van der Waals surface area contributed by atoms with Gasteiger partial charge in [-0.15, -0.1) is 0 Å². The molecule has 1 aliphatic rings. The predicted molar refractivity (Wildman–Crippen MR) is 78.8 cm³/mol. The maximum Gasteiger partial charge on any atom is 0.417 e. The first kappa shape index (κ1) is 14.7. The van der Waals surface area contributed by atoms with E-state index in [2.05, 4.69) is 5.32 Å². The van der Waals surface area contributed by atoms with Crippen molar-refractivity contribution in [2.75, 3.05) is 18.4 Å². The predicted octanol–water partition coefficient (Wildman–Crippen LogP) is 3.50. The normalized spacial score (nSPS) is 17.4. The molecule has 116 valence electrons. The van der Waals surface area contributed by atoms with Gasteiger partial charge in [0.05, 0.1) is 17.8 Å². The molecule has 0 spiro atoms. The Morgan fingerprint density at radius 3 is 2.55 bits per heavy atom. The van der Waals surface area contributed by atoms with Crippen LogP contribution in [0.25, 0.3) is 11.1 Å². The fraction of sp³-hybridized carbons (Fsp3) is 0.250. The number of hydrogen-bond donors (Lipinski definition) is 2. The van der Waals surface area contributed by atoms with Gasteiger partial charge in [0.15, 0.2) is 5.75 Å². The second-order valence-electron chi connectivity index (χ2n) is 5.08. The molecule has 3 N–H and O–H groups in total. The van der Waals surface area contributed by atoms with Gasteiger partial charge in [-0.25, -0.2) is 0 Å². The molecule has 2 aromatic rings. The Kier molecular flexibility index (Phi) is 3.70. The lowest BCUT2D eigenvalue weighted by Gasteiger charge is -2.28. The largest absolute Gasteiger partial charge is 0.484 e. The smallest absolute Gasteiger partial charge is 0.417 e. The standard InChI is InChI=1S/C16H15F3N2O/c17-16(18,19)13-6-2-1-4-11(13)12-5-3-7-14-15(12)22-10(8-20)9-21-14/h1-7,10,21H,8-9,20H2/t10-/m1/s1. The Morgan fingerprint density at radius 1 is 1.09 bits per heavy atom. The molecule has 0 aromatic heterocycles. The number of hydrogen-bond acceptors (Lipinski definition) is 3. The topological polar surface area (TPSA) is 47.3 Å². The summed E-state index contributed by atoms with van der Waals surface area (Å²) < 4.78 is 45.5. The average Bonchev–Trinajstić information content (AvgIpc) is 2.53. The average molecular weight is 308 g/mol. The first-order chi connectivity index (χ1) is 10.5. The van der Waals surface area contributed by atoms with Crippen molar-refractivity contribution in [3.05, 3.63) is 48.0 Å². The maximum atomic E-state index is 13.2. The number of rotatable bonds is 2. The van der Waals surface area contributed by atoms with Crippen molar-refractivity contribution in [3.63, 3.8) is 0 Å². The second kappa shape index (κ2) is 5.53. The van der Waals surface area contributed by atoms with E-state index in [4.69, 9.17) is 10.5 Å².